The number of hydrogen-bond acceptors (Lipinski definition) is 4. The fourth-order valence-electron chi connectivity index (χ4n) is 1.84. The van der Waals surface area contributed by atoms with Gasteiger partial charge in [0.1, 0.15) is 10.8 Å². The molecule has 0 aromatic carbocycles. The van der Waals surface area contributed by atoms with Gasteiger partial charge in [0.15, 0.2) is 0 Å². The zero-order valence-electron chi connectivity index (χ0n) is 7.62. The molecule has 2 N–H and O–H groups in total. The number of thiazole rings is 1. The van der Waals surface area contributed by atoms with Crippen molar-refractivity contribution in [3.63, 3.8) is 0 Å². The second-order valence-corrected chi connectivity index (χ2v) is 4.51. The molecule has 0 saturated carbocycles. The molecule has 0 spiro atoms. The number of rotatable bonds is 1. The van der Waals surface area contributed by atoms with E-state index in [0.717, 1.165) is 34.9 Å². The van der Waals surface area contributed by atoms with Crippen LogP contribution in [0.2, 0.25) is 0 Å². The Labute approximate surface area is 85.6 Å². The molecule has 1 aliphatic carbocycles. The van der Waals surface area contributed by atoms with E-state index < -0.39 is 0 Å². The molecule has 1 aliphatic rings. The summed E-state index contributed by atoms with van der Waals surface area (Å²) in [5, 5.41) is 1.02. The van der Waals surface area contributed by atoms with Gasteiger partial charge in [-0.3, -0.25) is 0 Å². The van der Waals surface area contributed by atoms with Crippen LogP contribution in [0.15, 0.2) is 16.7 Å². The van der Waals surface area contributed by atoms with Crippen molar-refractivity contribution in [2.45, 2.75) is 19.4 Å². The van der Waals surface area contributed by atoms with Crippen molar-refractivity contribution in [1.29, 1.82) is 0 Å². The van der Waals surface area contributed by atoms with E-state index in [2.05, 4.69) is 4.98 Å². The quantitative estimate of drug-likeness (QED) is 0.776. The Hall–Kier alpha value is -1.13. The third-order valence-corrected chi connectivity index (χ3v) is 3.63. The third kappa shape index (κ3) is 1.04. The molecule has 2 aromatic rings. The van der Waals surface area contributed by atoms with E-state index in [9.17, 15) is 0 Å². The van der Waals surface area contributed by atoms with E-state index in [4.69, 9.17) is 10.2 Å². The summed E-state index contributed by atoms with van der Waals surface area (Å²) in [5.41, 5.74) is 7.82. The summed E-state index contributed by atoms with van der Waals surface area (Å²) in [6.45, 7) is 0.533. The van der Waals surface area contributed by atoms with Crippen molar-refractivity contribution in [3.05, 3.63) is 28.0 Å². The molecule has 0 unspecified atom stereocenters. The third-order valence-electron chi connectivity index (χ3n) is 2.50. The molecule has 3 nitrogen and oxygen atoms in total. The predicted molar refractivity (Wildman–Crippen MR) is 55.1 cm³/mol. The van der Waals surface area contributed by atoms with Crippen molar-refractivity contribution >= 4 is 11.3 Å². The summed E-state index contributed by atoms with van der Waals surface area (Å²) in [7, 11) is 0. The second kappa shape index (κ2) is 2.93. The minimum Gasteiger partial charge on any atom is -0.469 e. The summed E-state index contributed by atoms with van der Waals surface area (Å²) < 4.78 is 5.39. The lowest BCUT2D eigenvalue weighted by atomic mass is 10.0. The molecule has 0 bridgehead atoms. The monoisotopic (exact) mass is 206 g/mol. The largest absolute Gasteiger partial charge is 0.469 e. The number of hydrogen-bond donors (Lipinski definition) is 1. The van der Waals surface area contributed by atoms with Crippen LogP contribution in [0, 0.1) is 0 Å². The van der Waals surface area contributed by atoms with Gasteiger partial charge in [-0.25, -0.2) is 4.98 Å². The SMILES string of the molecule is NCc1nc2c(s1)CCc1occc1-2. The van der Waals surface area contributed by atoms with Gasteiger partial charge in [0.25, 0.3) is 0 Å². The fraction of sp³-hybridized carbons (Fsp3) is 0.300. The average Bonchev–Trinajstić information content (AvgIpc) is 2.82. The summed E-state index contributed by atoms with van der Waals surface area (Å²) in [5.74, 6) is 1.06. The van der Waals surface area contributed by atoms with Crippen molar-refractivity contribution in [2.24, 2.45) is 5.73 Å². The second-order valence-electron chi connectivity index (χ2n) is 3.34. The van der Waals surface area contributed by atoms with E-state index >= 15 is 0 Å². The minimum atomic E-state index is 0.533. The Bertz CT molecular complexity index is 472. The van der Waals surface area contributed by atoms with Crippen molar-refractivity contribution < 1.29 is 4.42 Å². The van der Waals surface area contributed by atoms with E-state index in [1.165, 1.54) is 4.88 Å². The molecule has 0 atom stereocenters. The van der Waals surface area contributed by atoms with Gasteiger partial charge < -0.3 is 10.2 Å². The van der Waals surface area contributed by atoms with E-state index in [1.54, 1.807) is 17.6 Å². The first kappa shape index (κ1) is 8.20. The van der Waals surface area contributed by atoms with Gasteiger partial charge >= 0.3 is 0 Å². The lowest BCUT2D eigenvalue weighted by Gasteiger charge is -2.07. The number of furan rings is 1. The van der Waals surface area contributed by atoms with Crippen LogP contribution in [0.1, 0.15) is 15.6 Å². The summed E-state index contributed by atoms with van der Waals surface area (Å²) in [4.78, 5) is 5.86. The lowest BCUT2D eigenvalue weighted by Crippen LogP contribution is -1.99. The summed E-state index contributed by atoms with van der Waals surface area (Å²) in [6, 6.07) is 1.99. The lowest BCUT2D eigenvalue weighted by molar-refractivity contribution is 0.508. The van der Waals surface area contributed by atoms with Crippen LogP contribution in [0.3, 0.4) is 0 Å². The fourth-order valence-corrected chi connectivity index (χ4v) is 2.80. The van der Waals surface area contributed by atoms with Crippen molar-refractivity contribution in [1.82, 2.24) is 4.98 Å². The first-order chi connectivity index (χ1) is 6.88. The molecule has 0 saturated heterocycles. The molecule has 2 heterocycles. The van der Waals surface area contributed by atoms with Crippen LogP contribution < -0.4 is 5.73 Å². The topological polar surface area (TPSA) is 52.0 Å². The maximum Gasteiger partial charge on any atom is 0.113 e. The van der Waals surface area contributed by atoms with Gasteiger partial charge in [-0.15, -0.1) is 11.3 Å². The van der Waals surface area contributed by atoms with Crippen LogP contribution in [0.5, 0.6) is 0 Å². The number of aryl methyl sites for hydroxylation is 2. The molecule has 14 heavy (non-hydrogen) atoms. The highest BCUT2D eigenvalue weighted by Gasteiger charge is 2.22. The minimum absolute atomic E-state index is 0.533. The van der Waals surface area contributed by atoms with Gasteiger partial charge in [-0.2, -0.15) is 0 Å². The first-order valence-electron chi connectivity index (χ1n) is 4.64. The Morgan fingerprint density at radius 1 is 1.50 bits per heavy atom. The molecule has 2 aromatic heterocycles. The average molecular weight is 206 g/mol. The highest BCUT2D eigenvalue weighted by atomic mass is 32.1. The number of aromatic nitrogens is 1. The van der Waals surface area contributed by atoms with E-state index in [1.807, 2.05) is 6.07 Å². The molecule has 0 amide bonds. The van der Waals surface area contributed by atoms with Gasteiger partial charge in [0.05, 0.1) is 12.0 Å². The Kier molecular flexibility index (Phi) is 1.72. The molecule has 0 aliphatic heterocycles. The standard InChI is InChI=1S/C10H10N2OS/c11-5-9-12-10-6-3-4-13-7(6)1-2-8(10)14-9/h3-4H,1-2,5,11H2. The molecule has 0 radical (unpaired) electrons. The molecule has 0 fully saturated rings. The molecular weight excluding hydrogens is 196 g/mol. The predicted octanol–water partition coefficient (Wildman–Crippen LogP) is 1.96. The summed E-state index contributed by atoms with van der Waals surface area (Å²) in [6.07, 6.45) is 3.76. The number of nitrogens with two attached hydrogens (primary N) is 1. The van der Waals surface area contributed by atoms with Gasteiger partial charge in [-0.1, -0.05) is 0 Å². The van der Waals surface area contributed by atoms with Gasteiger partial charge in [0.2, 0.25) is 0 Å². The molecule has 4 heteroatoms. The van der Waals surface area contributed by atoms with Crippen molar-refractivity contribution in [3.8, 4) is 11.3 Å². The zero-order chi connectivity index (χ0) is 9.54. The van der Waals surface area contributed by atoms with Crippen LogP contribution in [0.4, 0.5) is 0 Å². The maximum absolute atomic E-state index is 5.58. The molecule has 3 rings (SSSR count). The van der Waals surface area contributed by atoms with Crippen LogP contribution >= 0.6 is 11.3 Å². The Balaban J connectivity index is 2.20. The Morgan fingerprint density at radius 3 is 3.29 bits per heavy atom. The number of nitrogens with zero attached hydrogens (tertiary/aromatic N) is 1. The first-order valence-corrected chi connectivity index (χ1v) is 5.45. The molecular formula is C10H10N2OS. The maximum atomic E-state index is 5.58. The van der Waals surface area contributed by atoms with Gasteiger partial charge in [0, 0.05) is 23.4 Å². The summed E-state index contributed by atoms with van der Waals surface area (Å²) >= 11 is 1.72. The zero-order valence-corrected chi connectivity index (χ0v) is 8.43. The van der Waals surface area contributed by atoms with E-state index in [0.29, 0.717) is 6.54 Å². The molecule has 72 valence electrons. The number of fused-ring (bicyclic) bond motifs is 3. The highest BCUT2D eigenvalue weighted by Crippen LogP contribution is 2.36. The van der Waals surface area contributed by atoms with Gasteiger partial charge in [-0.05, 0) is 12.5 Å². The normalized spacial score (nSPS) is 13.8. The van der Waals surface area contributed by atoms with Crippen LogP contribution in [-0.2, 0) is 19.4 Å². The van der Waals surface area contributed by atoms with Crippen LogP contribution in [-0.4, -0.2) is 4.98 Å². The van der Waals surface area contributed by atoms with Crippen molar-refractivity contribution in [2.75, 3.05) is 0 Å². The Morgan fingerprint density at radius 2 is 2.43 bits per heavy atom. The van der Waals surface area contributed by atoms with Crippen LogP contribution in [0.25, 0.3) is 11.3 Å². The van der Waals surface area contributed by atoms with E-state index in [-0.39, 0.29) is 0 Å². The highest BCUT2D eigenvalue weighted by molar-refractivity contribution is 7.12. The smallest absolute Gasteiger partial charge is 0.113 e.